The lowest BCUT2D eigenvalue weighted by molar-refractivity contribution is 0.249. The molecule has 1 aromatic heterocycles. The third kappa shape index (κ3) is 4.48. The molecule has 2 aromatic rings. The molecule has 128 valence electrons. The Morgan fingerprint density at radius 1 is 0.958 bits per heavy atom. The van der Waals surface area contributed by atoms with Gasteiger partial charge in [-0.05, 0) is 35.6 Å². The van der Waals surface area contributed by atoms with Crippen LogP contribution in [0.5, 0.6) is 0 Å². The molecule has 2 heterocycles. The number of anilines is 2. The van der Waals surface area contributed by atoms with Crippen LogP contribution in [0.2, 0.25) is 0 Å². The smallest absolute Gasteiger partial charge is 0.128 e. The van der Waals surface area contributed by atoms with E-state index in [4.69, 9.17) is 5.73 Å². The molecular formula is C20H28N4. The second-order valence-electron chi connectivity index (χ2n) is 7.13. The molecule has 0 amide bonds. The average molecular weight is 324 g/mol. The maximum atomic E-state index is 5.71. The minimum absolute atomic E-state index is 0.714. The predicted octanol–water partition coefficient (Wildman–Crippen LogP) is 3.18. The quantitative estimate of drug-likeness (QED) is 0.917. The molecule has 1 fully saturated rings. The molecule has 1 aliphatic heterocycles. The van der Waals surface area contributed by atoms with Crippen LogP contribution >= 0.6 is 0 Å². The third-order valence-electron chi connectivity index (χ3n) is 4.54. The van der Waals surface area contributed by atoms with Crippen molar-refractivity contribution in [2.45, 2.75) is 26.8 Å². The summed E-state index contributed by atoms with van der Waals surface area (Å²) in [6.45, 7) is 9.74. The molecule has 0 unspecified atom stereocenters. The Morgan fingerprint density at radius 3 is 2.21 bits per heavy atom. The first-order valence-corrected chi connectivity index (χ1v) is 8.87. The highest BCUT2D eigenvalue weighted by molar-refractivity contribution is 5.46. The number of pyridine rings is 1. The Kier molecular flexibility index (Phi) is 5.36. The SMILES string of the molecule is CC(C)Cc1ccc(CN2CCN(c3ccc(N)cn3)CC2)cc1. The van der Waals surface area contributed by atoms with Gasteiger partial charge in [-0.1, -0.05) is 38.1 Å². The van der Waals surface area contributed by atoms with E-state index in [2.05, 4.69) is 52.9 Å². The Labute approximate surface area is 145 Å². The lowest BCUT2D eigenvalue weighted by atomic mass is 10.0. The second-order valence-corrected chi connectivity index (χ2v) is 7.13. The Balaban J connectivity index is 1.51. The van der Waals surface area contributed by atoms with E-state index in [1.807, 2.05) is 12.1 Å². The van der Waals surface area contributed by atoms with Gasteiger partial charge in [0.2, 0.25) is 0 Å². The van der Waals surface area contributed by atoms with E-state index >= 15 is 0 Å². The van der Waals surface area contributed by atoms with Gasteiger partial charge in [0.15, 0.2) is 0 Å². The number of rotatable bonds is 5. The van der Waals surface area contributed by atoms with E-state index in [-0.39, 0.29) is 0 Å². The zero-order valence-electron chi connectivity index (χ0n) is 14.8. The molecule has 0 bridgehead atoms. The largest absolute Gasteiger partial charge is 0.397 e. The number of hydrogen-bond donors (Lipinski definition) is 1. The summed E-state index contributed by atoms with van der Waals surface area (Å²) in [4.78, 5) is 9.28. The first kappa shape index (κ1) is 16.8. The summed E-state index contributed by atoms with van der Waals surface area (Å²) in [7, 11) is 0. The van der Waals surface area contributed by atoms with Gasteiger partial charge in [-0.3, -0.25) is 4.90 Å². The van der Waals surface area contributed by atoms with Crippen LogP contribution in [0, 0.1) is 5.92 Å². The summed E-state index contributed by atoms with van der Waals surface area (Å²) in [5.74, 6) is 1.74. The number of hydrogen-bond acceptors (Lipinski definition) is 4. The zero-order chi connectivity index (χ0) is 16.9. The fourth-order valence-electron chi connectivity index (χ4n) is 3.23. The summed E-state index contributed by atoms with van der Waals surface area (Å²) in [5, 5.41) is 0. The highest BCUT2D eigenvalue weighted by Gasteiger charge is 2.18. The molecule has 0 spiro atoms. The Bertz CT molecular complexity index is 626. The van der Waals surface area contributed by atoms with Gasteiger partial charge < -0.3 is 10.6 Å². The van der Waals surface area contributed by atoms with Gasteiger partial charge in [0, 0.05) is 32.7 Å². The predicted molar refractivity (Wildman–Crippen MR) is 101 cm³/mol. The van der Waals surface area contributed by atoms with Crippen molar-refractivity contribution < 1.29 is 0 Å². The highest BCUT2D eigenvalue weighted by Crippen LogP contribution is 2.17. The van der Waals surface area contributed by atoms with Gasteiger partial charge in [-0.2, -0.15) is 0 Å². The molecule has 0 radical (unpaired) electrons. The van der Waals surface area contributed by atoms with Gasteiger partial charge in [-0.25, -0.2) is 4.98 Å². The number of nitrogens with two attached hydrogens (primary N) is 1. The molecule has 1 saturated heterocycles. The van der Waals surface area contributed by atoms with Crippen molar-refractivity contribution in [1.29, 1.82) is 0 Å². The van der Waals surface area contributed by atoms with Crippen molar-refractivity contribution in [3.63, 3.8) is 0 Å². The molecular weight excluding hydrogens is 296 g/mol. The van der Waals surface area contributed by atoms with Gasteiger partial charge in [0.05, 0.1) is 11.9 Å². The van der Waals surface area contributed by atoms with E-state index in [0.29, 0.717) is 5.92 Å². The molecule has 4 nitrogen and oxygen atoms in total. The maximum Gasteiger partial charge on any atom is 0.128 e. The van der Waals surface area contributed by atoms with Crippen LogP contribution in [0.4, 0.5) is 11.5 Å². The fraction of sp³-hybridized carbons (Fsp3) is 0.450. The maximum absolute atomic E-state index is 5.71. The number of nitrogens with zero attached hydrogens (tertiary/aromatic N) is 3. The van der Waals surface area contributed by atoms with Crippen LogP contribution in [-0.2, 0) is 13.0 Å². The average Bonchev–Trinajstić information content (AvgIpc) is 2.58. The first-order chi connectivity index (χ1) is 11.6. The van der Waals surface area contributed by atoms with Crippen LogP contribution in [0.1, 0.15) is 25.0 Å². The molecule has 0 atom stereocenters. The number of piperazine rings is 1. The normalized spacial score (nSPS) is 15.9. The third-order valence-corrected chi connectivity index (χ3v) is 4.54. The lowest BCUT2D eigenvalue weighted by Gasteiger charge is -2.35. The van der Waals surface area contributed by atoms with E-state index in [1.54, 1.807) is 6.20 Å². The fourth-order valence-corrected chi connectivity index (χ4v) is 3.23. The monoisotopic (exact) mass is 324 g/mol. The molecule has 0 saturated carbocycles. The van der Waals surface area contributed by atoms with Crippen molar-refractivity contribution in [2.24, 2.45) is 5.92 Å². The lowest BCUT2D eigenvalue weighted by Crippen LogP contribution is -2.46. The summed E-state index contributed by atoms with van der Waals surface area (Å²) in [5.41, 5.74) is 9.27. The van der Waals surface area contributed by atoms with E-state index in [0.717, 1.165) is 50.6 Å². The molecule has 0 aliphatic carbocycles. The topological polar surface area (TPSA) is 45.4 Å². The van der Waals surface area contributed by atoms with Crippen molar-refractivity contribution in [2.75, 3.05) is 36.8 Å². The van der Waals surface area contributed by atoms with Crippen LogP contribution in [0.25, 0.3) is 0 Å². The molecule has 1 aliphatic rings. The number of benzene rings is 1. The van der Waals surface area contributed by atoms with Gasteiger partial charge in [0.1, 0.15) is 5.82 Å². The van der Waals surface area contributed by atoms with Crippen molar-refractivity contribution >= 4 is 11.5 Å². The molecule has 2 N–H and O–H groups in total. The van der Waals surface area contributed by atoms with Crippen molar-refractivity contribution in [3.8, 4) is 0 Å². The minimum atomic E-state index is 0.714. The van der Waals surface area contributed by atoms with E-state index < -0.39 is 0 Å². The van der Waals surface area contributed by atoms with Gasteiger partial charge in [-0.15, -0.1) is 0 Å². The highest BCUT2D eigenvalue weighted by atomic mass is 15.3. The van der Waals surface area contributed by atoms with Gasteiger partial charge in [0.25, 0.3) is 0 Å². The Morgan fingerprint density at radius 2 is 1.62 bits per heavy atom. The number of aromatic nitrogens is 1. The minimum Gasteiger partial charge on any atom is -0.397 e. The molecule has 1 aromatic carbocycles. The molecule has 4 heteroatoms. The molecule has 3 rings (SSSR count). The van der Waals surface area contributed by atoms with Crippen molar-refractivity contribution in [3.05, 3.63) is 53.7 Å². The van der Waals surface area contributed by atoms with Crippen LogP contribution in [0.3, 0.4) is 0 Å². The van der Waals surface area contributed by atoms with Gasteiger partial charge >= 0.3 is 0 Å². The first-order valence-electron chi connectivity index (χ1n) is 8.87. The van der Waals surface area contributed by atoms with E-state index in [1.165, 1.54) is 11.1 Å². The van der Waals surface area contributed by atoms with Crippen molar-refractivity contribution in [1.82, 2.24) is 9.88 Å². The van der Waals surface area contributed by atoms with Crippen LogP contribution in [0.15, 0.2) is 42.6 Å². The summed E-state index contributed by atoms with van der Waals surface area (Å²) in [6, 6.07) is 13.1. The summed E-state index contributed by atoms with van der Waals surface area (Å²) in [6.07, 6.45) is 2.90. The second kappa shape index (κ2) is 7.67. The Hall–Kier alpha value is -2.07. The summed E-state index contributed by atoms with van der Waals surface area (Å²) >= 11 is 0. The van der Waals surface area contributed by atoms with Crippen LogP contribution < -0.4 is 10.6 Å². The van der Waals surface area contributed by atoms with Crippen LogP contribution in [-0.4, -0.2) is 36.1 Å². The number of nitrogen functional groups attached to an aromatic ring is 1. The zero-order valence-corrected chi connectivity index (χ0v) is 14.8. The van der Waals surface area contributed by atoms with E-state index in [9.17, 15) is 0 Å². The summed E-state index contributed by atoms with van der Waals surface area (Å²) < 4.78 is 0. The standard InChI is InChI=1S/C20H28N4/c1-16(2)13-17-3-5-18(6-4-17)15-23-9-11-24(12-10-23)20-8-7-19(21)14-22-20/h3-8,14,16H,9-13,15,21H2,1-2H3. The molecule has 24 heavy (non-hydrogen) atoms.